The topological polar surface area (TPSA) is 17.8 Å². The van der Waals surface area contributed by atoms with Gasteiger partial charge in [-0.15, -0.1) is 11.6 Å². The highest BCUT2D eigenvalue weighted by Gasteiger charge is 2.41. The molecule has 0 saturated heterocycles. The number of nitrogens with zero attached hydrogens (tertiary/aromatic N) is 2. The summed E-state index contributed by atoms with van der Waals surface area (Å²) in [6.45, 7) is 5.49. The van der Waals surface area contributed by atoms with Gasteiger partial charge in [0.25, 0.3) is 0 Å². The average molecular weight is 263 g/mol. The second-order valence-electron chi connectivity index (χ2n) is 5.59. The van der Waals surface area contributed by atoms with Crippen molar-refractivity contribution in [3.8, 4) is 0 Å². The van der Waals surface area contributed by atoms with Crippen LogP contribution < -0.4 is 0 Å². The van der Waals surface area contributed by atoms with Crippen molar-refractivity contribution in [3.05, 3.63) is 29.6 Å². The van der Waals surface area contributed by atoms with Crippen molar-refractivity contribution < 1.29 is 0 Å². The number of halogens is 1. The van der Waals surface area contributed by atoms with Crippen LogP contribution in [0.25, 0.3) is 11.0 Å². The molecule has 0 aliphatic heterocycles. The second kappa shape index (κ2) is 4.27. The third kappa shape index (κ3) is 1.93. The number of hydrogen-bond donors (Lipinski definition) is 0. The van der Waals surface area contributed by atoms with E-state index in [1.807, 2.05) is 0 Å². The quantitative estimate of drug-likeness (QED) is 0.753. The fourth-order valence-electron chi connectivity index (χ4n) is 2.70. The van der Waals surface area contributed by atoms with E-state index in [2.05, 4.69) is 41.6 Å². The Morgan fingerprint density at radius 2 is 2.17 bits per heavy atom. The first-order valence-corrected chi connectivity index (χ1v) is 7.23. The molecule has 1 saturated carbocycles. The van der Waals surface area contributed by atoms with Gasteiger partial charge in [0.1, 0.15) is 5.82 Å². The van der Waals surface area contributed by atoms with Crippen LogP contribution in [0, 0.1) is 12.3 Å². The molecule has 1 heterocycles. The third-order valence-electron chi connectivity index (χ3n) is 4.30. The van der Waals surface area contributed by atoms with Crippen LogP contribution in [0.2, 0.25) is 0 Å². The van der Waals surface area contributed by atoms with Gasteiger partial charge in [0.05, 0.1) is 16.9 Å². The van der Waals surface area contributed by atoms with E-state index in [1.54, 1.807) is 0 Å². The molecule has 0 spiro atoms. The van der Waals surface area contributed by atoms with E-state index in [0.29, 0.717) is 11.3 Å². The minimum Gasteiger partial charge on any atom is -0.326 e. The van der Waals surface area contributed by atoms with Gasteiger partial charge in [-0.1, -0.05) is 13.0 Å². The predicted octanol–water partition coefficient (Wildman–Crippen LogP) is 4.27. The minimum absolute atomic E-state index is 0.494. The molecule has 0 atom stereocenters. The summed E-state index contributed by atoms with van der Waals surface area (Å²) in [4.78, 5) is 4.65. The van der Waals surface area contributed by atoms with Crippen LogP contribution >= 0.6 is 11.6 Å². The smallest absolute Gasteiger partial charge is 0.124 e. The summed E-state index contributed by atoms with van der Waals surface area (Å²) in [6.07, 6.45) is 3.94. The highest BCUT2D eigenvalue weighted by molar-refractivity contribution is 6.16. The molecule has 96 valence electrons. The molecule has 0 radical (unpaired) electrons. The molecule has 3 heteroatoms. The third-order valence-corrected chi connectivity index (χ3v) is 4.54. The van der Waals surface area contributed by atoms with Gasteiger partial charge in [0.15, 0.2) is 0 Å². The number of imidazole rings is 1. The van der Waals surface area contributed by atoms with Gasteiger partial charge < -0.3 is 4.57 Å². The molecule has 1 aromatic carbocycles. The van der Waals surface area contributed by atoms with Crippen molar-refractivity contribution >= 4 is 22.6 Å². The molecule has 1 aliphatic rings. The SMILES string of the molecule is CCC1(Cn2c(CCl)nc3ccc(C)cc32)CC1. The first kappa shape index (κ1) is 12.0. The average Bonchev–Trinajstić information content (AvgIpc) is 3.08. The first-order chi connectivity index (χ1) is 8.67. The standard InChI is InChI=1S/C15H19ClN2/c1-3-15(6-7-15)10-18-13-8-11(2)4-5-12(13)17-14(18)9-16/h4-5,8H,3,6-7,9-10H2,1-2H3. The van der Waals surface area contributed by atoms with Gasteiger partial charge in [-0.3, -0.25) is 0 Å². The molecule has 1 aliphatic carbocycles. The molecule has 0 bridgehead atoms. The fourth-order valence-corrected chi connectivity index (χ4v) is 2.90. The number of alkyl halides is 1. The number of rotatable bonds is 4. The number of benzene rings is 1. The number of fused-ring (bicyclic) bond motifs is 1. The zero-order valence-electron chi connectivity index (χ0n) is 11.0. The second-order valence-corrected chi connectivity index (χ2v) is 5.86. The van der Waals surface area contributed by atoms with E-state index >= 15 is 0 Å². The number of aryl methyl sites for hydroxylation is 1. The Kier molecular flexibility index (Phi) is 2.86. The fraction of sp³-hybridized carbons (Fsp3) is 0.533. The molecular formula is C15H19ClN2. The molecule has 1 fully saturated rings. The summed E-state index contributed by atoms with van der Waals surface area (Å²) in [5.74, 6) is 1.50. The Bertz CT molecular complexity index is 581. The number of hydrogen-bond acceptors (Lipinski definition) is 1. The normalized spacial score (nSPS) is 17.3. The number of aromatic nitrogens is 2. The van der Waals surface area contributed by atoms with E-state index in [-0.39, 0.29) is 0 Å². The van der Waals surface area contributed by atoms with Crippen molar-refractivity contribution in [1.82, 2.24) is 9.55 Å². The Hall–Kier alpha value is -1.02. The lowest BCUT2D eigenvalue weighted by molar-refractivity contribution is 0.410. The lowest BCUT2D eigenvalue weighted by Gasteiger charge is -2.16. The Labute approximate surface area is 113 Å². The van der Waals surface area contributed by atoms with Crippen molar-refractivity contribution in [2.45, 2.75) is 45.5 Å². The summed E-state index contributed by atoms with van der Waals surface area (Å²) in [7, 11) is 0. The summed E-state index contributed by atoms with van der Waals surface area (Å²) in [5.41, 5.74) is 4.11. The van der Waals surface area contributed by atoms with Gasteiger partial charge in [-0.2, -0.15) is 0 Å². The van der Waals surface area contributed by atoms with E-state index in [1.165, 1.54) is 30.3 Å². The van der Waals surface area contributed by atoms with Gasteiger partial charge in [0.2, 0.25) is 0 Å². The molecule has 0 N–H and O–H groups in total. The molecule has 18 heavy (non-hydrogen) atoms. The molecule has 3 rings (SSSR count). The van der Waals surface area contributed by atoms with Crippen LogP contribution in [-0.4, -0.2) is 9.55 Å². The first-order valence-electron chi connectivity index (χ1n) is 6.69. The Morgan fingerprint density at radius 1 is 1.39 bits per heavy atom. The summed E-state index contributed by atoms with van der Waals surface area (Å²) in [6, 6.07) is 6.44. The van der Waals surface area contributed by atoms with Gasteiger partial charge in [-0.05, 0) is 49.3 Å². The molecule has 1 aromatic heterocycles. The van der Waals surface area contributed by atoms with Crippen molar-refractivity contribution in [1.29, 1.82) is 0 Å². The summed E-state index contributed by atoms with van der Waals surface area (Å²) in [5, 5.41) is 0. The lowest BCUT2D eigenvalue weighted by atomic mass is 10.0. The van der Waals surface area contributed by atoms with Gasteiger partial charge in [-0.25, -0.2) is 4.98 Å². The lowest BCUT2D eigenvalue weighted by Crippen LogP contribution is -2.12. The van der Waals surface area contributed by atoms with Crippen molar-refractivity contribution in [2.75, 3.05) is 0 Å². The maximum absolute atomic E-state index is 6.05. The van der Waals surface area contributed by atoms with Crippen molar-refractivity contribution in [2.24, 2.45) is 5.41 Å². The zero-order chi connectivity index (χ0) is 12.8. The van der Waals surface area contributed by atoms with Gasteiger partial charge in [0, 0.05) is 6.54 Å². The zero-order valence-corrected chi connectivity index (χ0v) is 11.8. The maximum atomic E-state index is 6.05. The highest BCUT2D eigenvalue weighted by atomic mass is 35.5. The van der Waals surface area contributed by atoms with Crippen LogP contribution in [0.5, 0.6) is 0 Å². The summed E-state index contributed by atoms with van der Waals surface area (Å²) < 4.78 is 2.34. The molecular weight excluding hydrogens is 244 g/mol. The van der Waals surface area contributed by atoms with E-state index < -0.39 is 0 Å². The van der Waals surface area contributed by atoms with Gasteiger partial charge >= 0.3 is 0 Å². The van der Waals surface area contributed by atoms with E-state index in [4.69, 9.17) is 11.6 Å². The Morgan fingerprint density at radius 3 is 2.78 bits per heavy atom. The molecule has 2 aromatic rings. The molecule has 0 unspecified atom stereocenters. The predicted molar refractivity (Wildman–Crippen MR) is 76.0 cm³/mol. The minimum atomic E-state index is 0.494. The van der Waals surface area contributed by atoms with Crippen molar-refractivity contribution in [3.63, 3.8) is 0 Å². The summed E-state index contributed by atoms with van der Waals surface area (Å²) >= 11 is 6.05. The van der Waals surface area contributed by atoms with Crippen LogP contribution in [-0.2, 0) is 12.4 Å². The highest BCUT2D eigenvalue weighted by Crippen LogP contribution is 2.50. The Balaban J connectivity index is 2.09. The largest absolute Gasteiger partial charge is 0.326 e. The molecule has 0 amide bonds. The van der Waals surface area contributed by atoms with E-state index in [0.717, 1.165) is 17.9 Å². The van der Waals surface area contributed by atoms with Crippen LogP contribution in [0.1, 0.15) is 37.6 Å². The van der Waals surface area contributed by atoms with Crippen LogP contribution in [0.15, 0.2) is 18.2 Å². The monoisotopic (exact) mass is 262 g/mol. The maximum Gasteiger partial charge on any atom is 0.124 e. The van der Waals surface area contributed by atoms with Crippen LogP contribution in [0.4, 0.5) is 0 Å². The van der Waals surface area contributed by atoms with E-state index in [9.17, 15) is 0 Å². The molecule has 2 nitrogen and oxygen atoms in total. The van der Waals surface area contributed by atoms with Crippen LogP contribution in [0.3, 0.4) is 0 Å².